The Kier molecular flexibility index (Phi) is 6.85. The van der Waals surface area contributed by atoms with Gasteiger partial charge in [-0.15, -0.1) is 0 Å². The number of benzene rings is 1. The summed E-state index contributed by atoms with van der Waals surface area (Å²) in [5.41, 5.74) is 0.909. The Bertz CT molecular complexity index is 1300. The highest BCUT2D eigenvalue weighted by molar-refractivity contribution is 6.31. The SMILES string of the molecule is Cc1ccc([C@H](Nc2c(Nc3ccc(Cl)c4c3C(O)N(CCN(C)C)C4)c(=O)c2=O)C(C)(C)C)o1. The molecule has 1 aliphatic rings. The van der Waals surface area contributed by atoms with E-state index in [-0.39, 0.29) is 22.8 Å². The number of nitrogens with zero attached hydrogens (tertiary/aromatic N) is 2. The van der Waals surface area contributed by atoms with Crippen LogP contribution in [0.5, 0.6) is 0 Å². The van der Waals surface area contributed by atoms with Crippen LogP contribution >= 0.6 is 11.6 Å². The Hall–Kier alpha value is -2.65. The summed E-state index contributed by atoms with van der Waals surface area (Å²) < 4.78 is 5.84. The molecule has 0 aliphatic carbocycles. The number of hydrogen-bond donors (Lipinski definition) is 3. The van der Waals surface area contributed by atoms with E-state index in [0.717, 1.165) is 17.9 Å². The second-order valence-corrected chi connectivity index (χ2v) is 11.0. The molecule has 1 unspecified atom stereocenters. The molecule has 2 aromatic carbocycles. The van der Waals surface area contributed by atoms with Crippen LogP contribution in [0, 0.1) is 12.3 Å². The lowest BCUT2D eigenvalue weighted by Crippen LogP contribution is -2.39. The van der Waals surface area contributed by atoms with Crippen LogP contribution in [-0.2, 0) is 6.54 Å². The summed E-state index contributed by atoms with van der Waals surface area (Å²) in [5.74, 6) is 1.46. The topological polar surface area (TPSA) is 98.0 Å². The van der Waals surface area contributed by atoms with E-state index in [9.17, 15) is 14.7 Å². The van der Waals surface area contributed by atoms with Crippen molar-refractivity contribution in [1.29, 1.82) is 0 Å². The predicted octanol–water partition coefficient (Wildman–Crippen LogP) is 4.15. The quantitative estimate of drug-likeness (QED) is 0.397. The standard InChI is InChI=1S/C26H33ClN4O4/c1-14-7-10-18(35-14)24(26(2,3)4)29-21-20(22(32)23(21)33)28-17-9-8-16(27)15-13-31(12-11-30(5)6)25(34)19(15)17/h7-10,24-25,28-29,34H,11-13H2,1-6H3/t24-,25?/m0/s1. The number of aliphatic hydroxyl groups excluding tert-OH is 1. The molecule has 0 spiro atoms. The van der Waals surface area contributed by atoms with E-state index < -0.39 is 17.1 Å². The molecule has 0 saturated carbocycles. The molecule has 2 heterocycles. The van der Waals surface area contributed by atoms with Crippen LogP contribution in [0.15, 0.2) is 38.3 Å². The molecule has 1 aromatic heterocycles. The van der Waals surface area contributed by atoms with E-state index in [4.69, 9.17) is 16.0 Å². The van der Waals surface area contributed by atoms with Crippen molar-refractivity contribution in [2.24, 2.45) is 5.41 Å². The first-order valence-corrected chi connectivity index (χ1v) is 12.1. The van der Waals surface area contributed by atoms with E-state index in [1.165, 1.54) is 0 Å². The summed E-state index contributed by atoms with van der Waals surface area (Å²) in [6.07, 6.45) is -0.873. The number of nitrogens with one attached hydrogen (secondary N) is 2. The number of likely N-dealkylation sites (N-methyl/N-ethyl adjacent to an activating group) is 1. The van der Waals surface area contributed by atoms with Crippen molar-refractivity contribution in [2.45, 2.75) is 46.5 Å². The van der Waals surface area contributed by atoms with Gasteiger partial charge in [0.25, 0.3) is 10.9 Å². The number of halogens is 1. The van der Waals surface area contributed by atoms with E-state index in [0.29, 0.717) is 35.1 Å². The van der Waals surface area contributed by atoms with Crippen LogP contribution in [-0.4, -0.2) is 42.1 Å². The normalized spacial score (nSPS) is 17.2. The number of hydrogen-bond acceptors (Lipinski definition) is 8. The van der Waals surface area contributed by atoms with Gasteiger partial charge in [0, 0.05) is 35.9 Å². The molecule has 8 nitrogen and oxygen atoms in total. The first-order chi connectivity index (χ1) is 16.4. The molecule has 0 saturated heterocycles. The Balaban J connectivity index is 1.65. The molecule has 188 valence electrons. The monoisotopic (exact) mass is 500 g/mol. The summed E-state index contributed by atoms with van der Waals surface area (Å²) in [6, 6.07) is 6.90. The third-order valence-electron chi connectivity index (χ3n) is 6.47. The third-order valence-corrected chi connectivity index (χ3v) is 6.82. The highest BCUT2D eigenvalue weighted by Crippen LogP contribution is 2.42. The number of fused-ring (bicyclic) bond motifs is 1. The number of aryl methyl sites for hydroxylation is 1. The van der Waals surface area contributed by atoms with E-state index in [2.05, 4.69) is 10.6 Å². The lowest BCUT2D eigenvalue weighted by Gasteiger charge is -2.32. The molecule has 3 N–H and O–H groups in total. The van der Waals surface area contributed by atoms with Gasteiger partial charge in [-0.3, -0.25) is 14.5 Å². The van der Waals surface area contributed by atoms with Gasteiger partial charge in [0.2, 0.25) is 0 Å². The van der Waals surface area contributed by atoms with Crippen molar-refractivity contribution in [1.82, 2.24) is 9.80 Å². The number of anilines is 3. The van der Waals surface area contributed by atoms with Crippen LogP contribution < -0.4 is 21.5 Å². The molecule has 1 aliphatic heterocycles. The van der Waals surface area contributed by atoms with Gasteiger partial charge < -0.3 is 25.1 Å². The van der Waals surface area contributed by atoms with E-state index >= 15 is 0 Å². The van der Waals surface area contributed by atoms with Crippen molar-refractivity contribution in [3.05, 3.63) is 72.4 Å². The van der Waals surface area contributed by atoms with Crippen molar-refractivity contribution >= 4 is 28.7 Å². The molecule has 35 heavy (non-hydrogen) atoms. The van der Waals surface area contributed by atoms with Crippen molar-refractivity contribution in [3.8, 4) is 0 Å². The predicted molar refractivity (Wildman–Crippen MR) is 139 cm³/mol. The molecule has 2 atom stereocenters. The van der Waals surface area contributed by atoms with Gasteiger partial charge in [-0.2, -0.15) is 0 Å². The number of furan rings is 1. The first-order valence-electron chi connectivity index (χ1n) is 11.7. The molecule has 0 bridgehead atoms. The number of aliphatic hydroxyl groups is 1. The van der Waals surface area contributed by atoms with Gasteiger partial charge in [-0.05, 0) is 56.3 Å². The maximum Gasteiger partial charge on any atom is 0.253 e. The van der Waals surface area contributed by atoms with Crippen LogP contribution in [0.2, 0.25) is 5.02 Å². The van der Waals surface area contributed by atoms with Crippen molar-refractivity contribution in [2.75, 3.05) is 37.8 Å². The average molecular weight is 501 g/mol. The first kappa shape index (κ1) is 25.4. The Morgan fingerprint density at radius 2 is 1.86 bits per heavy atom. The van der Waals surface area contributed by atoms with Gasteiger partial charge >= 0.3 is 0 Å². The minimum Gasteiger partial charge on any atom is -0.464 e. The Morgan fingerprint density at radius 3 is 2.46 bits per heavy atom. The fourth-order valence-electron chi connectivity index (χ4n) is 4.46. The molecule has 0 radical (unpaired) electrons. The zero-order valence-corrected chi connectivity index (χ0v) is 21.8. The molecule has 3 aromatic rings. The van der Waals surface area contributed by atoms with Gasteiger partial charge in [0.05, 0.1) is 6.04 Å². The smallest absolute Gasteiger partial charge is 0.253 e. The summed E-state index contributed by atoms with van der Waals surface area (Å²) in [4.78, 5) is 29.2. The van der Waals surface area contributed by atoms with Crippen LogP contribution in [0.25, 0.3) is 0 Å². The highest BCUT2D eigenvalue weighted by Gasteiger charge is 2.35. The summed E-state index contributed by atoms with van der Waals surface area (Å²) in [7, 11) is 3.95. The minimum atomic E-state index is -0.873. The second kappa shape index (κ2) is 9.43. The summed E-state index contributed by atoms with van der Waals surface area (Å²) in [5, 5.41) is 18.0. The lowest BCUT2D eigenvalue weighted by molar-refractivity contribution is 0.0107. The van der Waals surface area contributed by atoms with Crippen molar-refractivity contribution in [3.63, 3.8) is 0 Å². The van der Waals surface area contributed by atoms with E-state index in [1.807, 2.05) is 63.7 Å². The third kappa shape index (κ3) is 4.89. The average Bonchev–Trinajstić information content (AvgIpc) is 3.35. The maximum absolute atomic E-state index is 12.6. The van der Waals surface area contributed by atoms with Gasteiger partial charge in [0.1, 0.15) is 29.1 Å². The fourth-order valence-corrected chi connectivity index (χ4v) is 4.68. The van der Waals surface area contributed by atoms with Crippen LogP contribution in [0.4, 0.5) is 17.1 Å². The molecular formula is C26H33ClN4O4. The second-order valence-electron chi connectivity index (χ2n) is 10.6. The Morgan fingerprint density at radius 1 is 1.17 bits per heavy atom. The zero-order chi connectivity index (χ0) is 25.7. The maximum atomic E-state index is 12.6. The van der Waals surface area contributed by atoms with Crippen LogP contribution in [0.3, 0.4) is 0 Å². The lowest BCUT2D eigenvalue weighted by atomic mass is 9.85. The molecule has 0 amide bonds. The van der Waals surface area contributed by atoms with Gasteiger partial charge in [0.15, 0.2) is 0 Å². The van der Waals surface area contributed by atoms with Gasteiger partial charge in [-0.1, -0.05) is 32.4 Å². The fraction of sp³-hybridized carbons (Fsp3) is 0.462. The minimum absolute atomic E-state index is 0.177. The Labute approximate surface area is 210 Å². The van der Waals surface area contributed by atoms with Crippen LogP contribution in [0.1, 0.15) is 55.7 Å². The summed E-state index contributed by atoms with van der Waals surface area (Å²) >= 11 is 6.46. The van der Waals surface area contributed by atoms with Crippen molar-refractivity contribution < 1.29 is 9.52 Å². The van der Waals surface area contributed by atoms with E-state index in [1.54, 1.807) is 12.1 Å². The van der Waals surface area contributed by atoms with Gasteiger partial charge in [-0.25, -0.2) is 0 Å². The molecule has 0 fully saturated rings. The number of rotatable bonds is 8. The largest absolute Gasteiger partial charge is 0.464 e. The molecule has 4 rings (SSSR count). The molecule has 9 heteroatoms. The zero-order valence-electron chi connectivity index (χ0n) is 21.0. The molecular weight excluding hydrogens is 468 g/mol. The highest BCUT2D eigenvalue weighted by atomic mass is 35.5. The summed E-state index contributed by atoms with van der Waals surface area (Å²) in [6.45, 7) is 9.89.